The van der Waals surface area contributed by atoms with Gasteiger partial charge in [0.2, 0.25) is 0 Å². The zero-order valence-corrected chi connectivity index (χ0v) is 17.7. The minimum Gasteiger partial charge on any atom is -0.489 e. The Hall–Kier alpha value is -2.11. The molecule has 0 bridgehead atoms. The lowest BCUT2D eigenvalue weighted by atomic mass is 10.0. The Morgan fingerprint density at radius 3 is 2.46 bits per heavy atom. The molecule has 0 aliphatic carbocycles. The molecule has 0 saturated carbocycles. The summed E-state index contributed by atoms with van der Waals surface area (Å²) in [6.07, 6.45) is 8.01. The molecule has 0 spiro atoms. The van der Waals surface area contributed by atoms with Crippen LogP contribution in [0.15, 0.2) is 53.4 Å². The summed E-state index contributed by atoms with van der Waals surface area (Å²) in [5.74, 6) is 0.688. The lowest BCUT2D eigenvalue weighted by molar-refractivity contribution is -0.115. The van der Waals surface area contributed by atoms with Crippen LogP contribution in [0.5, 0.6) is 5.75 Å². The molecule has 28 heavy (non-hydrogen) atoms. The van der Waals surface area contributed by atoms with Crippen LogP contribution in [0.2, 0.25) is 0 Å². The summed E-state index contributed by atoms with van der Waals surface area (Å²) in [4.78, 5) is 12.4. The maximum Gasteiger partial charge on any atom is 0.263 e. The van der Waals surface area contributed by atoms with E-state index in [-0.39, 0.29) is 5.91 Å². The maximum absolute atomic E-state index is 11.7. The molecule has 1 amide bonds. The molecule has 146 valence electrons. The molecule has 2 aromatic carbocycles. The maximum atomic E-state index is 11.7. The number of hydrogen-bond donors (Lipinski definition) is 1. The van der Waals surface area contributed by atoms with Gasteiger partial charge >= 0.3 is 0 Å². The Bertz CT molecular complexity index is 859. The first-order valence-corrected chi connectivity index (χ1v) is 10.9. The molecule has 3 rings (SSSR count). The number of thioether (sulfide) groups is 1. The molecule has 1 saturated heterocycles. The summed E-state index contributed by atoms with van der Waals surface area (Å²) in [5, 5.41) is 2.63. The van der Waals surface area contributed by atoms with Crippen molar-refractivity contribution < 1.29 is 9.53 Å². The van der Waals surface area contributed by atoms with Crippen molar-refractivity contribution in [2.45, 2.75) is 45.6 Å². The molecule has 1 heterocycles. The number of rotatable bonds is 9. The number of unbranched alkanes of at least 4 members (excludes halogenated alkanes) is 3. The number of carbonyl (C=O) groups excluding carboxylic acids is 1. The first-order chi connectivity index (χ1) is 13.7. The smallest absolute Gasteiger partial charge is 0.263 e. The van der Waals surface area contributed by atoms with E-state index in [0.29, 0.717) is 15.8 Å². The van der Waals surface area contributed by atoms with Crippen LogP contribution in [0.4, 0.5) is 0 Å². The van der Waals surface area contributed by atoms with Gasteiger partial charge in [-0.05, 0) is 47.7 Å². The van der Waals surface area contributed by atoms with E-state index in [0.717, 1.165) is 17.7 Å². The van der Waals surface area contributed by atoms with E-state index in [4.69, 9.17) is 17.0 Å². The van der Waals surface area contributed by atoms with Crippen LogP contribution in [-0.4, -0.2) is 10.2 Å². The lowest BCUT2D eigenvalue weighted by Crippen LogP contribution is -2.17. The first kappa shape index (κ1) is 20.6. The van der Waals surface area contributed by atoms with Gasteiger partial charge in [0.25, 0.3) is 5.91 Å². The predicted octanol–water partition coefficient (Wildman–Crippen LogP) is 5.88. The second-order valence-corrected chi connectivity index (χ2v) is 8.51. The molecule has 1 N–H and O–H groups in total. The molecular formula is C23H25NO2S2. The van der Waals surface area contributed by atoms with Gasteiger partial charge in [0, 0.05) is 0 Å². The highest BCUT2D eigenvalue weighted by Gasteiger charge is 2.21. The van der Waals surface area contributed by atoms with Gasteiger partial charge in [-0.25, -0.2) is 0 Å². The Kier molecular flexibility index (Phi) is 7.69. The molecule has 2 aromatic rings. The molecule has 0 radical (unpaired) electrons. The van der Waals surface area contributed by atoms with Crippen LogP contribution < -0.4 is 10.1 Å². The molecule has 5 heteroatoms. The Labute approximate surface area is 176 Å². The van der Waals surface area contributed by atoms with Crippen molar-refractivity contribution in [2.24, 2.45) is 0 Å². The number of hydrogen-bond acceptors (Lipinski definition) is 4. The second-order valence-electron chi connectivity index (χ2n) is 6.79. The van der Waals surface area contributed by atoms with Crippen LogP contribution >= 0.6 is 24.0 Å². The molecular weight excluding hydrogens is 386 g/mol. The number of carbonyl (C=O) groups is 1. The topological polar surface area (TPSA) is 38.3 Å². The molecule has 0 aromatic heterocycles. The Balaban J connectivity index is 1.57. The highest BCUT2D eigenvalue weighted by Crippen LogP contribution is 2.26. The van der Waals surface area contributed by atoms with E-state index in [2.05, 4.69) is 36.5 Å². The van der Waals surface area contributed by atoms with Crippen LogP contribution in [0, 0.1) is 0 Å². The van der Waals surface area contributed by atoms with E-state index in [1.807, 2.05) is 30.3 Å². The van der Waals surface area contributed by atoms with E-state index in [1.165, 1.54) is 48.6 Å². The summed E-state index contributed by atoms with van der Waals surface area (Å²) in [6, 6.07) is 16.3. The third-order valence-corrected chi connectivity index (χ3v) is 5.79. The van der Waals surface area contributed by atoms with Crippen molar-refractivity contribution in [3.63, 3.8) is 0 Å². The molecule has 3 nitrogen and oxygen atoms in total. The predicted molar refractivity (Wildman–Crippen MR) is 121 cm³/mol. The van der Waals surface area contributed by atoms with Crippen molar-refractivity contribution in [1.82, 2.24) is 5.32 Å². The number of aryl methyl sites for hydroxylation is 1. The van der Waals surface area contributed by atoms with Crippen molar-refractivity contribution in [3.05, 3.63) is 70.1 Å². The average Bonchev–Trinajstić information content (AvgIpc) is 3.02. The van der Waals surface area contributed by atoms with Gasteiger partial charge in [-0.3, -0.25) is 4.79 Å². The van der Waals surface area contributed by atoms with Crippen molar-refractivity contribution in [2.75, 3.05) is 0 Å². The third kappa shape index (κ3) is 5.94. The summed E-state index contributed by atoms with van der Waals surface area (Å²) >= 11 is 6.30. The van der Waals surface area contributed by atoms with Crippen LogP contribution in [-0.2, 0) is 17.8 Å². The molecule has 0 atom stereocenters. The number of amides is 1. The number of ether oxygens (including phenoxy) is 1. The number of thiocarbonyl (C=S) groups is 1. The zero-order valence-electron chi connectivity index (χ0n) is 16.1. The summed E-state index contributed by atoms with van der Waals surface area (Å²) < 4.78 is 6.50. The third-order valence-electron chi connectivity index (χ3n) is 4.63. The molecule has 1 aliphatic heterocycles. The summed E-state index contributed by atoms with van der Waals surface area (Å²) in [6.45, 7) is 2.80. The fraction of sp³-hybridized carbons (Fsp3) is 0.304. The van der Waals surface area contributed by atoms with Gasteiger partial charge in [0.05, 0.1) is 4.91 Å². The standard InChI is InChI=1S/C23H25NO2S2/c1-2-3-4-5-8-18-9-6-7-10-19(18)16-26-20-13-11-17(12-14-20)15-21-22(25)24-23(27)28-21/h6-7,9-15H,2-5,8,16H2,1H3,(H,24,25,27)/b21-15-. The highest BCUT2D eigenvalue weighted by molar-refractivity contribution is 8.26. The van der Waals surface area contributed by atoms with E-state index < -0.39 is 0 Å². The normalized spacial score (nSPS) is 15.1. The molecule has 1 fully saturated rings. The SMILES string of the molecule is CCCCCCc1ccccc1COc1ccc(/C=C2\SC(=S)NC2=O)cc1. The first-order valence-electron chi connectivity index (χ1n) is 9.70. The van der Waals surface area contributed by atoms with Gasteiger partial charge in [-0.1, -0.05) is 86.6 Å². The van der Waals surface area contributed by atoms with Gasteiger partial charge in [0.1, 0.15) is 16.7 Å². The van der Waals surface area contributed by atoms with Gasteiger partial charge < -0.3 is 10.1 Å². The van der Waals surface area contributed by atoms with Crippen LogP contribution in [0.3, 0.4) is 0 Å². The highest BCUT2D eigenvalue weighted by atomic mass is 32.2. The molecule has 1 aliphatic rings. The summed E-state index contributed by atoms with van der Waals surface area (Å²) in [5.41, 5.74) is 3.57. The second kappa shape index (κ2) is 10.4. The Morgan fingerprint density at radius 1 is 1.04 bits per heavy atom. The van der Waals surface area contributed by atoms with Crippen LogP contribution in [0.1, 0.15) is 49.3 Å². The minimum absolute atomic E-state index is 0.133. The van der Waals surface area contributed by atoms with E-state index in [1.54, 1.807) is 0 Å². The van der Waals surface area contributed by atoms with Gasteiger partial charge in [-0.15, -0.1) is 0 Å². The largest absolute Gasteiger partial charge is 0.489 e. The van der Waals surface area contributed by atoms with Gasteiger partial charge in [0.15, 0.2) is 0 Å². The summed E-state index contributed by atoms with van der Waals surface area (Å²) in [7, 11) is 0. The average molecular weight is 412 g/mol. The quantitative estimate of drug-likeness (QED) is 0.318. The lowest BCUT2D eigenvalue weighted by Gasteiger charge is -2.11. The minimum atomic E-state index is -0.133. The number of nitrogens with one attached hydrogen (secondary N) is 1. The van der Waals surface area contributed by atoms with Crippen molar-refractivity contribution in [1.29, 1.82) is 0 Å². The fourth-order valence-electron chi connectivity index (χ4n) is 3.08. The Morgan fingerprint density at radius 2 is 1.79 bits per heavy atom. The van der Waals surface area contributed by atoms with E-state index in [9.17, 15) is 4.79 Å². The number of benzene rings is 2. The fourth-order valence-corrected chi connectivity index (χ4v) is 4.12. The monoisotopic (exact) mass is 411 g/mol. The van der Waals surface area contributed by atoms with Gasteiger partial charge in [-0.2, -0.15) is 0 Å². The van der Waals surface area contributed by atoms with Crippen molar-refractivity contribution in [3.8, 4) is 5.75 Å². The van der Waals surface area contributed by atoms with Crippen molar-refractivity contribution >= 4 is 40.3 Å². The van der Waals surface area contributed by atoms with Crippen LogP contribution in [0.25, 0.3) is 6.08 Å². The molecule has 0 unspecified atom stereocenters. The zero-order chi connectivity index (χ0) is 19.8. The van der Waals surface area contributed by atoms with E-state index >= 15 is 0 Å².